The molecule has 0 radical (unpaired) electrons. The minimum absolute atomic E-state index is 0.750. The van der Waals surface area contributed by atoms with Crippen LogP contribution >= 0.6 is 113 Å². The fourth-order valence-electron chi connectivity index (χ4n) is 2.64. The summed E-state index contributed by atoms with van der Waals surface area (Å²) in [4.78, 5) is 65.3. The molecule has 1 rings (SSSR count). The molecule has 41 heavy (non-hydrogen) atoms. The van der Waals surface area contributed by atoms with Gasteiger partial charge in [-0.05, 0) is 69.2 Å². The van der Waals surface area contributed by atoms with Crippen molar-refractivity contribution < 1.29 is 52.4 Å². The maximum Gasteiger partial charge on any atom is 0.323 e. The van der Waals surface area contributed by atoms with Crippen LogP contribution in [0, 0.1) is 0 Å². The molecule has 0 N–H and O–H groups in total. The second-order valence-corrected chi connectivity index (χ2v) is 25.1. The number of carbonyl (C=O) groups excluding carboxylic acids is 5. The Morgan fingerprint density at radius 1 is 0.415 bits per heavy atom. The van der Waals surface area contributed by atoms with Crippen molar-refractivity contribution in [2.45, 2.75) is 117 Å². The molecule has 4 unspecified atom stereocenters. The van der Waals surface area contributed by atoms with Crippen molar-refractivity contribution in [3.8, 4) is 0 Å². The second kappa shape index (κ2) is 14.6. The molecule has 1 aliphatic rings. The number of rotatable bonds is 10. The lowest BCUT2D eigenvalue weighted by Crippen LogP contribution is -2.65. The number of carbonyl (C=O) groups is 5. The summed E-state index contributed by atoms with van der Waals surface area (Å²) in [6, 6.07) is 0. The van der Waals surface area contributed by atoms with Crippen LogP contribution < -0.4 is 0 Å². The minimum Gasteiger partial charge on any atom is -0.453 e. The molecule has 0 aliphatic carbocycles. The Morgan fingerprint density at radius 3 is 0.829 bits per heavy atom. The van der Waals surface area contributed by atoms with E-state index >= 15 is 0 Å². The SMILES string of the molecule is CC(C)(I)C(=O)OC1OC(OC(=O)C(C)(C)I)C(OC(=O)C(C)(C)I)C(OC(=O)C(C)(C)I)C1OC(=O)C(C)(C)I. The molecule has 0 aromatic carbocycles. The lowest BCUT2D eigenvalue weighted by atomic mass is 10.0. The Balaban J connectivity index is 3.87. The van der Waals surface area contributed by atoms with Gasteiger partial charge in [-0.25, -0.2) is 0 Å². The summed E-state index contributed by atoms with van der Waals surface area (Å²) in [7, 11) is 0. The second-order valence-electron chi connectivity index (χ2n) is 11.7. The summed E-state index contributed by atoms with van der Waals surface area (Å²) in [6.45, 7) is 15.9. The van der Waals surface area contributed by atoms with E-state index in [1.54, 1.807) is 69.2 Å². The average molecular weight is 1150 g/mol. The summed E-state index contributed by atoms with van der Waals surface area (Å²) >= 11 is 9.32. The number of hydrogen-bond acceptors (Lipinski definition) is 11. The molecule has 0 aromatic heterocycles. The molecular weight excluding hydrogens is 1110 g/mol. The highest BCUT2D eigenvalue weighted by molar-refractivity contribution is 14.1. The topological polar surface area (TPSA) is 141 Å². The van der Waals surface area contributed by atoms with Crippen molar-refractivity contribution in [2.24, 2.45) is 0 Å². The predicted octanol–water partition coefficient (Wildman–Crippen LogP) is 5.56. The smallest absolute Gasteiger partial charge is 0.323 e. The van der Waals surface area contributed by atoms with Crippen LogP contribution in [0.3, 0.4) is 0 Å². The van der Waals surface area contributed by atoms with Crippen LogP contribution in [-0.4, -0.2) is 77.8 Å². The van der Waals surface area contributed by atoms with Crippen molar-refractivity contribution in [3.63, 3.8) is 0 Å². The van der Waals surface area contributed by atoms with Gasteiger partial charge in [0.1, 0.15) is 17.1 Å². The van der Waals surface area contributed by atoms with Crippen LogP contribution in [0.15, 0.2) is 0 Å². The highest BCUT2D eigenvalue weighted by atomic mass is 127. The molecule has 0 bridgehead atoms. The largest absolute Gasteiger partial charge is 0.453 e. The molecule has 0 amide bonds. The first kappa shape index (κ1) is 40.0. The third-order valence-corrected chi connectivity index (χ3v) is 7.26. The van der Waals surface area contributed by atoms with Crippen molar-refractivity contribution in [1.29, 1.82) is 0 Å². The van der Waals surface area contributed by atoms with Gasteiger partial charge in [-0.2, -0.15) is 0 Å². The highest BCUT2D eigenvalue weighted by Gasteiger charge is 2.58. The van der Waals surface area contributed by atoms with Crippen LogP contribution in [0.2, 0.25) is 0 Å². The molecule has 0 spiro atoms. The summed E-state index contributed by atoms with van der Waals surface area (Å²) in [5.74, 6) is -3.76. The summed E-state index contributed by atoms with van der Waals surface area (Å²) in [5, 5.41) is 0. The van der Waals surface area contributed by atoms with Gasteiger partial charge in [-0.3, -0.25) is 28.7 Å². The molecule has 4 atom stereocenters. The van der Waals surface area contributed by atoms with Gasteiger partial charge < -0.3 is 23.7 Å². The van der Waals surface area contributed by atoms with Crippen LogP contribution in [-0.2, 0) is 52.4 Å². The van der Waals surface area contributed by atoms with E-state index in [9.17, 15) is 24.0 Å². The molecule has 0 saturated carbocycles. The van der Waals surface area contributed by atoms with E-state index in [0.29, 0.717) is 0 Å². The third kappa shape index (κ3) is 12.3. The number of alkyl halides is 5. The normalized spacial score (nSPS) is 24.1. The van der Waals surface area contributed by atoms with Crippen molar-refractivity contribution in [2.75, 3.05) is 0 Å². The summed E-state index contributed by atoms with van der Waals surface area (Å²) < 4.78 is 29.2. The molecule has 11 nitrogen and oxygen atoms in total. The highest BCUT2D eigenvalue weighted by Crippen LogP contribution is 2.36. The minimum atomic E-state index is -1.70. The van der Waals surface area contributed by atoms with E-state index in [1.165, 1.54) is 0 Å². The molecule has 16 heteroatoms. The van der Waals surface area contributed by atoms with E-state index in [0.717, 1.165) is 0 Å². The monoisotopic (exact) mass is 1150 g/mol. The zero-order valence-corrected chi connectivity index (χ0v) is 35.1. The maximum atomic E-state index is 13.2. The van der Waals surface area contributed by atoms with Gasteiger partial charge in [0.15, 0.2) is 6.10 Å². The zero-order chi connectivity index (χ0) is 32.5. The number of esters is 5. The van der Waals surface area contributed by atoms with E-state index in [-0.39, 0.29) is 0 Å². The molecule has 1 fully saturated rings. The van der Waals surface area contributed by atoms with Crippen molar-refractivity contribution in [1.82, 2.24) is 0 Å². The lowest BCUT2D eigenvalue weighted by molar-refractivity contribution is -0.338. The van der Waals surface area contributed by atoms with Crippen LogP contribution in [0.1, 0.15) is 69.2 Å². The summed E-state index contributed by atoms with van der Waals surface area (Å²) in [5.41, 5.74) is 0. The van der Waals surface area contributed by atoms with Gasteiger partial charge in [0.2, 0.25) is 24.8 Å². The molecular formula is C25H35I5O11. The molecule has 0 aromatic rings. The van der Waals surface area contributed by atoms with Gasteiger partial charge in [0, 0.05) is 0 Å². The quantitative estimate of drug-likeness (QED) is 0.118. The fraction of sp³-hybridized carbons (Fsp3) is 0.800. The first-order chi connectivity index (χ1) is 18.1. The van der Waals surface area contributed by atoms with Gasteiger partial charge in [0.05, 0.1) is 0 Å². The predicted molar refractivity (Wildman–Crippen MR) is 191 cm³/mol. The summed E-state index contributed by atoms with van der Waals surface area (Å²) in [6.07, 6.45) is -8.20. The van der Waals surface area contributed by atoms with Gasteiger partial charge in [-0.1, -0.05) is 113 Å². The molecule has 1 saturated heterocycles. The maximum absolute atomic E-state index is 13.2. The van der Waals surface area contributed by atoms with E-state index < -0.39 is 77.8 Å². The van der Waals surface area contributed by atoms with Crippen LogP contribution in [0.5, 0.6) is 0 Å². The first-order valence-electron chi connectivity index (χ1n) is 12.2. The van der Waals surface area contributed by atoms with Crippen molar-refractivity contribution in [3.05, 3.63) is 0 Å². The third-order valence-electron chi connectivity index (χ3n) is 5.06. The Kier molecular flexibility index (Phi) is 14.2. The molecule has 1 aliphatic heterocycles. The van der Waals surface area contributed by atoms with Crippen molar-refractivity contribution >= 4 is 143 Å². The Morgan fingerprint density at radius 2 is 0.610 bits per heavy atom. The number of halogens is 5. The van der Waals surface area contributed by atoms with Crippen LogP contribution in [0.25, 0.3) is 0 Å². The molecule has 1 heterocycles. The van der Waals surface area contributed by atoms with E-state index in [4.69, 9.17) is 28.4 Å². The average Bonchev–Trinajstić information content (AvgIpc) is 2.74. The standard InChI is InChI=1S/C25H35I5O11/c1-21(2,26)16(31)36-11-12(37-17(32)22(3,4)27)14(40-19(34)24(7,8)29)39-15(41-20(35)25(9,10)30)13(11)38-18(33)23(5,6)28/h11-15H,1-10H3. The lowest BCUT2D eigenvalue weighted by Gasteiger charge is -2.45. The van der Waals surface area contributed by atoms with Crippen LogP contribution in [0.4, 0.5) is 0 Å². The molecule has 236 valence electrons. The first-order valence-corrected chi connectivity index (χ1v) is 17.6. The van der Waals surface area contributed by atoms with E-state index in [1.807, 2.05) is 113 Å². The Hall–Kier alpha value is 0.960. The zero-order valence-electron chi connectivity index (χ0n) is 24.3. The number of hydrogen-bond donors (Lipinski definition) is 0. The van der Waals surface area contributed by atoms with Gasteiger partial charge in [0.25, 0.3) is 0 Å². The Labute approximate surface area is 308 Å². The van der Waals surface area contributed by atoms with Gasteiger partial charge in [-0.15, -0.1) is 0 Å². The fourth-order valence-corrected chi connectivity index (χ4v) is 3.27. The number of ether oxygens (including phenoxy) is 6. The van der Waals surface area contributed by atoms with E-state index in [2.05, 4.69) is 0 Å². The van der Waals surface area contributed by atoms with Gasteiger partial charge >= 0.3 is 29.8 Å². The Bertz CT molecular complexity index is 947.